The van der Waals surface area contributed by atoms with Crippen molar-refractivity contribution < 1.29 is 113 Å². The van der Waals surface area contributed by atoms with Crippen LogP contribution < -0.4 is 0 Å². The van der Waals surface area contributed by atoms with E-state index in [0.29, 0.717) is 5.56 Å². The highest BCUT2D eigenvalue weighted by atomic mass is 16.8. The van der Waals surface area contributed by atoms with E-state index < -0.39 is 136 Å². The summed E-state index contributed by atoms with van der Waals surface area (Å²) in [5.74, 6) is -6.68. The van der Waals surface area contributed by atoms with Crippen molar-refractivity contribution in [2.24, 2.45) is 11.8 Å². The standard InChI is InChI=1S/C42H54O23/c1-5-19-21(12-29(47)58-10-9-18-7-8-25(45)26(46)11-18)23(37(54)56-3)16-60-40(19)65-42-35(53)36(32(50)28(15-44)62-42)63-30(48)13-22-20(6-2)39(59-17-24(22)38(55)57-4)64-41-34(52)33(51)31(49)27(14-43)61-41/h5-8,11,16-17,21-22,27-28,31-36,39-46,49-53H,9-10,12-15H2,1-4H3. The third-order valence-electron chi connectivity index (χ3n) is 11.1. The fraction of sp³-hybridized carbons (Fsp3) is 0.571. The number of ether oxygens (including phenoxy) is 10. The van der Waals surface area contributed by atoms with Crippen molar-refractivity contribution in [1.82, 2.24) is 0 Å². The summed E-state index contributed by atoms with van der Waals surface area (Å²) >= 11 is 0. The van der Waals surface area contributed by atoms with Crippen LogP contribution >= 0.6 is 0 Å². The fourth-order valence-electron chi connectivity index (χ4n) is 7.57. The van der Waals surface area contributed by atoms with Gasteiger partial charge in [-0.3, -0.25) is 9.59 Å². The summed E-state index contributed by atoms with van der Waals surface area (Å²) in [6.45, 7) is 1.27. The number of phenols is 2. The predicted molar refractivity (Wildman–Crippen MR) is 212 cm³/mol. The summed E-state index contributed by atoms with van der Waals surface area (Å²) < 4.78 is 54.9. The number of phenolic OH excluding ortho intramolecular Hbond substituents is 2. The number of esters is 4. The number of allylic oxidation sites excluding steroid dienone is 2. The number of aromatic hydroxyl groups is 2. The number of benzene rings is 1. The van der Waals surface area contributed by atoms with E-state index in [0.717, 1.165) is 26.7 Å². The molecule has 4 heterocycles. The van der Waals surface area contributed by atoms with Gasteiger partial charge in [-0.2, -0.15) is 0 Å². The van der Waals surface area contributed by atoms with E-state index in [9.17, 15) is 65.1 Å². The van der Waals surface area contributed by atoms with Crippen molar-refractivity contribution in [3.05, 3.63) is 70.7 Å². The Morgan fingerprint density at radius 2 is 1.17 bits per heavy atom. The van der Waals surface area contributed by atoms with Crippen molar-refractivity contribution in [3.63, 3.8) is 0 Å². The van der Waals surface area contributed by atoms with Crippen LogP contribution in [0.5, 0.6) is 11.5 Å². The minimum Gasteiger partial charge on any atom is -0.504 e. The third kappa shape index (κ3) is 11.6. The van der Waals surface area contributed by atoms with Gasteiger partial charge < -0.3 is 93.3 Å². The largest absolute Gasteiger partial charge is 0.504 e. The van der Waals surface area contributed by atoms with Gasteiger partial charge in [-0.1, -0.05) is 18.2 Å². The highest BCUT2D eigenvalue weighted by molar-refractivity contribution is 5.91. The molecule has 0 bridgehead atoms. The number of aliphatic hydroxyl groups excluding tert-OH is 7. The summed E-state index contributed by atoms with van der Waals surface area (Å²) in [5, 5.41) is 92.7. The second-order valence-corrected chi connectivity index (χ2v) is 15.1. The maximum Gasteiger partial charge on any atom is 0.337 e. The van der Waals surface area contributed by atoms with E-state index in [1.54, 1.807) is 6.92 Å². The molecule has 2 saturated heterocycles. The molecular formula is C42H54O23. The normalized spacial score (nSPS) is 33.8. The SMILES string of the molecule is CC=C1C(OC2OC(CO)C(O)C(O)C2O)OC=C(C(=O)OC)C1CC(=O)OC1C(O)C(CO)OC(OC2OC=C(C(=O)OC)C(CC(=O)OCCc3ccc(O)c(O)c3)C2=CC)C1O. The lowest BCUT2D eigenvalue weighted by Crippen LogP contribution is -2.61. The van der Waals surface area contributed by atoms with E-state index in [1.807, 2.05) is 0 Å². The van der Waals surface area contributed by atoms with Gasteiger partial charge in [-0.25, -0.2) is 9.59 Å². The van der Waals surface area contributed by atoms with Gasteiger partial charge in [0.1, 0.15) is 42.7 Å². The molecule has 4 aliphatic rings. The first-order valence-corrected chi connectivity index (χ1v) is 20.3. The number of carbonyl (C=O) groups excluding carboxylic acids is 4. The van der Waals surface area contributed by atoms with Gasteiger partial charge in [0, 0.05) is 29.4 Å². The molecule has 0 amide bonds. The Labute approximate surface area is 371 Å². The Bertz CT molecular complexity index is 1980. The summed E-state index contributed by atoms with van der Waals surface area (Å²) in [7, 11) is 2.18. The van der Waals surface area contributed by atoms with Gasteiger partial charge in [0.15, 0.2) is 30.2 Å². The van der Waals surface area contributed by atoms with Gasteiger partial charge in [0.05, 0.1) is 70.6 Å². The Hall–Kier alpha value is -5.18. The van der Waals surface area contributed by atoms with Crippen molar-refractivity contribution in [2.45, 2.75) is 107 Å². The number of methoxy groups -OCH3 is 2. The number of aliphatic hydroxyl groups is 7. The van der Waals surface area contributed by atoms with E-state index in [-0.39, 0.29) is 46.8 Å². The quantitative estimate of drug-likeness (QED) is 0.0378. The van der Waals surface area contributed by atoms with Crippen LogP contribution in [0.3, 0.4) is 0 Å². The molecule has 0 aromatic heterocycles. The van der Waals surface area contributed by atoms with Gasteiger partial charge in [0.2, 0.25) is 12.6 Å². The maximum atomic E-state index is 13.8. The molecule has 65 heavy (non-hydrogen) atoms. The molecule has 1 aromatic carbocycles. The summed E-state index contributed by atoms with van der Waals surface area (Å²) in [4.78, 5) is 52.6. The lowest BCUT2D eigenvalue weighted by atomic mass is 9.86. The van der Waals surface area contributed by atoms with Crippen LogP contribution in [0, 0.1) is 11.8 Å². The maximum absolute atomic E-state index is 13.8. The number of hydrogen-bond donors (Lipinski definition) is 9. The predicted octanol–water partition coefficient (Wildman–Crippen LogP) is -1.90. The number of hydrogen-bond acceptors (Lipinski definition) is 23. The molecule has 5 rings (SSSR count). The highest BCUT2D eigenvalue weighted by Crippen LogP contribution is 2.39. The van der Waals surface area contributed by atoms with E-state index in [2.05, 4.69) is 0 Å². The van der Waals surface area contributed by atoms with Crippen LogP contribution in [0.25, 0.3) is 0 Å². The fourth-order valence-corrected chi connectivity index (χ4v) is 7.57. The molecule has 4 aliphatic heterocycles. The van der Waals surface area contributed by atoms with E-state index >= 15 is 0 Å². The molecule has 23 heteroatoms. The van der Waals surface area contributed by atoms with Crippen molar-refractivity contribution in [1.29, 1.82) is 0 Å². The van der Waals surface area contributed by atoms with E-state index in [1.165, 1.54) is 37.3 Å². The van der Waals surface area contributed by atoms with Crippen LogP contribution in [0.4, 0.5) is 0 Å². The molecule has 360 valence electrons. The zero-order chi connectivity index (χ0) is 47.7. The average molecular weight is 927 g/mol. The smallest absolute Gasteiger partial charge is 0.337 e. The molecule has 14 atom stereocenters. The highest BCUT2D eigenvalue weighted by Gasteiger charge is 2.51. The van der Waals surface area contributed by atoms with Gasteiger partial charge in [-0.15, -0.1) is 0 Å². The Morgan fingerprint density at radius 3 is 1.66 bits per heavy atom. The lowest BCUT2D eigenvalue weighted by molar-refractivity contribution is -0.329. The summed E-state index contributed by atoms with van der Waals surface area (Å²) in [5.41, 5.74) is 0.479. The summed E-state index contributed by atoms with van der Waals surface area (Å²) in [6.07, 6.45) is -16.6. The summed E-state index contributed by atoms with van der Waals surface area (Å²) in [6, 6.07) is 4.11. The molecule has 14 unspecified atom stereocenters. The van der Waals surface area contributed by atoms with Crippen LogP contribution in [0.1, 0.15) is 32.3 Å². The Kier molecular flexibility index (Phi) is 17.8. The average Bonchev–Trinajstić information content (AvgIpc) is 3.29. The molecule has 0 aliphatic carbocycles. The first-order chi connectivity index (χ1) is 31.0. The molecule has 23 nitrogen and oxygen atoms in total. The first kappa shape index (κ1) is 50.8. The zero-order valence-electron chi connectivity index (χ0n) is 35.6. The van der Waals surface area contributed by atoms with Gasteiger partial charge in [-0.05, 0) is 31.5 Å². The second kappa shape index (κ2) is 22.8. The minimum atomic E-state index is -2.00. The molecule has 9 N–H and O–H groups in total. The van der Waals surface area contributed by atoms with Crippen molar-refractivity contribution in [2.75, 3.05) is 34.0 Å². The first-order valence-electron chi connectivity index (χ1n) is 20.3. The number of rotatable bonds is 16. The zero-order valence-corrected chi connectivity index (χ0v) is 35.6. The molecular weight excluding hydrogens is 872 g/mol. The monoisotopic (exact) mass is 926 g/mol. The third-order valence-corrected chi connectivity index (χ3v) is 11.1. The Morgan fingerprint density at radius 1 is 0.662 bits per heavy atom. The Balaban J connectivity index is 1.30. The lowest BCUT2D eigenvalue weighted by Gasteiger charge is -2.43. The van der Waals surface area contributed by atoms with Crippen molar-refractivity contribution in [3.8, 4) is 11.5 Å². The van der Waals surface area contributed by atoms with Gasteiger partial charge >= 0.3 is 23.9 Å². The van der Waals surface area contributed by atoms with Crippen LogP contribution in [0.2, 0.25) is 0 Å². The van der Waals surface area contributed by atoms with Crippen LogP contribution in [-0.2, 0) is 73.0 Å². The second-order valence-electron chi connectivity index (χ2n) is 15.1. The van der Waals surface area contributed by atoms with Crippen LogP contribution in [-0.4, -0.2) is 178 Å². The molecule has 2 fully saturated rings. The molecule has 0 radical (unpaired) electrons. The van der Waals surface area contributed by atoms with Crippen molar-refractivity contribution >= 4 is 23.9 Å². The molecule has 1 aromatic rings. The topological polar surface area (TPSA) is 343 Å². The van der Waals surface area contributed by atoms with Gasteiger partial charge in [0.25, 0.3) is 0 Å². The minimum absolute atomic E-state index is 0.0769. The molecule has 0 spiro atoms. The number of carbonyl (C=O) groups is 4. The van der Waals surface area contributed by atoms with Crippen LogP contribution in [0.15, 0.2) is 65.2 Å². The molecule has 0 saturated carbocycles. The van der Waals surface area contributed by atoms with E-state index in [4.69, 9.17) is 47.4 Å².